The molecule has 0 spiro atoms. The van der Waals surface area contributed by atoms with Crippen LogP contribution in [-0.2, 0) is 6.61 Å². The van der Waals surface area contributed by atoms with Gasteiger partial charge in [-0.25, -0.2) is 8.78 Å². The fourth-order valence-electron chi connectivity index (χ4n) is 1.73. The largest absolute Gasteiger partial charge is 0.496 e. The van der Waals surface area contributed by atoms with Crippen LogP contribution in [0.25, 0.3) is 0 Å². The summed E-state index contributed by atoms with van der Waals surface area (Å²) >= 11 is 0. The molecule has 2 aromatic carbocycles. The van der Waals surface area contributed by atoms with Crippen molar-refractivity contribution in [2.24, 2.45) is 0 Å². The van der Waals surface area contributed by atoms with Crippen molar-refractivity contribution in [1.82, 2.24) is 0 Å². The van der Waals surface area contributed by atoms with Crippen molar-refractivity contribution in [3.63, 3.8) is 0 Å². The van der Waals surface area contributed by atoms with Crippen LogP contribution in [0, 0.1) is 23.0 Å². The zero-order valence-electron chi connectivity index (χ0n) is 10.7. The average Bonchev–Trinajstić information content (AvgIpc) is 2.43. The van der Waals surface area contributed by atoms with E-state index in [1.54, 1.807) is 18.2 Å². The fourth-order valence-corrected chi connectivity index (χ4v) is 1.73. The van der Waals surface area contributed by atoms with E-state index in [-0.39, 0.29) is 12.4 Å². The predicted molar refractivity (Wildman–Crippen MR) is 68.4 cm³/mol. The Morgan fingerprint density at radius 2 is 1.80 bits per heavy atom. The minimum Gasteiger partial charge on any atom is -0.496 e. The molecular weight excluding hydrogens is 264 g/mol. The Balaban J connectivity index is 2.19. The van der Waals surface area contributed by atoms with Gasteiger partial charge >= 0.3 is 0 Å². The first kappa shape index (κ1) is 13.8. The lowest BCUT2D eigenvalue weighted by molar-refractivity contribution is 0.293. The lowest BCUT2D eigenvalue weighted by atomic mass is 10.1. The van der Waals surface area contributed by atoms with Crippen molar-refractivity contribution >= 4 is 0 Å². The molecule has 0 amide bonds. The van der Waals surface area contributed by atoms with E-state index < -0.39 is 11.6 Å². The Morgan fingerprint density at radius 1 is 1.10 bits per heavy atom. The maximum atomic E-state index is 13.0. The fraction of sp³-hybridized carbons (Fsp3) is 0.133. The molecule has 0 aliphatic heterocycles. The molecule has 0 aliphatic rings. The smallest absolute Gasteiger partial charge is 0.129 e. The zero-order valence-corrected chi connectivity index (χ0v) is 10.7. The standard InChI is InChI=1S/C15H11F2NO2/c1-19-15-3-2-10(8-18)4-11(15)9-20-14-6-12(16)5-13(17)7-14/h2-7H,9H2,1H3. The number of benzene rings is 2. The average molecular weight is 275 g/mol. The normalized spacial score (nSPS) is 9.90. The molecule has 0 bridgehead atoms. The van der Waals surface area contributed by atoms with E-state index in [1.165, 1.54) is 7.11 Å². The summed E-state index contributed by atoms with van der Waals surface area (Å²) in [5.74, 6) is -0.803. The van der Waals surface area contributed by atoms with Gasteiger partial charge in [0.25, 0.3) is 0 Å². The summed E-state index contributed by atoms with van der Waals surface area (Å²) in [6, 6.07) is 9.81. The van der Waals surface area contributed by atoms with Crippen LogP contribution in [0.15, 0.2) is 36.4 Å². The van der Waals surface area contributed by atoms with Crippen LogP contribution < -0.4 is 9.47 Å². The van der Waals surface area contributed by atoms with Gasteiger partial charge in [-0.05, 0) is 18.2 Å². The van der Waals surface area contributed by atoms with Crippen LogP contribution in [-0.4, -0.2) is 7.11 Å². The SMILES string of the molecule is COc1ccc(C#N)cc1COc1cc(F)cc(F)c1. The third-order valence-corrected chi connectivity index (χ3v) is 2.64. The van der Waals surface area contributed by atoms with Gasteiger partial charge in [0.1, 0.15) is 29.7 Å². The highest BCUT2D eigenvalue weighted by molar-refractivity contribution is 5.42. The van der Waals surface area contributed by atoms with E-state index in [0.29, 0.717) is 16.9 Å². The second kappa shape index (κ2) is 6.02. The van der Waals surface area contributed by atoms with Crippen LogP contribution in [0.1, 0.15) is 11.1 Å². The Morgan fingerprint density at radius 3 is 2.40 bits per heavy atom. The van der Waals surface area contributed by atoms with Gasteiger partial charge in [0.2, 0.25) is 0 Å². The van der Waals surface area contributed by atoms with Crippen LogP contribution in [0.5, 0.6) is 11.5 Å². The molecule has 5 heteroatoms. The molecule has 0 atom stereocenters. The first-order chi connectivity index (χ1) is 9.62. The molecule has 3 nitrogen and oxygen atoms in total. The van der Waals surface area contributed by atoms with E-state index in [9.17, 15) is 8.78 Å². The number of ether oxygens (including phenoxy) is 2. The van der Waals surface area contributed by atoms with Gasteiger partial charge in [-0.1, -0.05) is 0 Å². The molecule has 0 fully saturated rings. The molecule has 2 rings (SSSR count). The van der Waals surface area contributed by atoms with Crippen molar-refractivity contribution in [1.29, 1.82) is 5.26 Å². The van der Waals surface area contributed by atoms with Gasteiger partial charge < -0.3 is 9.47 Å². The van der Waals surface area contributed by atoms with Gasteiger partial charge in [0.05, 0.1) is 18.7 Å². The van der Waals surface area contributed by atoms with E-state index >= 15 is 0 Å². The highest BCUT2D eigenvalue weighted by Crippen LogP contribution is 2.23. The number of hydrogen-bond acceptors (Lipinski definition) is 3. The van der Waals surface area contributed by atoms with Crippen LogP contribution in [0.2, 0.25) is 0 Å². The highest BCUT2D eigenvalue weighted by atomic mass is 19.1. The van der Waals surface area contributed by atoms with Crippen LogP contribution >= 0.6 is 0 Å². The third-order valence-electron chi connectivity index (χ3n) is 2.64. The molecule has 0 heterocycles. The van der Waals surface area contributed by atoms with Gasteiger partial charge in [0.15, 0.2) is 0 Å². The second-order valence-electron chi connectivity index (χ2n) is 4.03. The number of methoxy groups -OCH3 is 1. The van der Waals surface area contributed by atoms with Crippen molar-refractivity contribution in [2.75, 3.05) is 7.11 Å². The highest BCUT2D eigenvalue weighted by Gasteiger charge is 2.07. The van der Waals surface area contributed by atoms with Crippen molar-refractivity contribution in [2.45, 2.75) is 6.61 Å². The molecular formula is C15H11F2NO2. The first-order valence-corrected chi connectivity index (χ1v) is 5.78. The molecule has 0 N–H and O–H groups in total. The van der Waals surface area contributed by atoms with Gasteiger partial charge in [0, 0.05) is 23.8 Å². The number of nitrogens with zero attached hydrogens (tertiary/aromatic N) is 1. The van der Waals surface area contributed by atoms with Crippen molar-refractivity contribution < 1.29 is 18.3 Å². The van der Waals surface area contributed by atoms with E-state index in [0.717, 1.165) is 18.2 Å². The summed E-state index contributed by atoms with van der Waals surface area (Å²) in [6.45, 7) is 0.0432. The summed E-state index contributed by atoms with van der Waals surface area (Å²) in [5.41, 5.74) is 1.08. The van der Waals surface area contributed by atoms with Gasteiger partial charge in [-0.15, -0.1) is 0 Å². The lowest BCUT2D eigenvalue weighted by Crippen LogP contribution is -2.00. The van der Waals surface area contributed by atoms with Crippen LogP contribution in [0.4, 0.5) is 8.78 Å². The zero-order chi connectivity index (χ0) is 14.5. The van der Waals surface area contributed by atoms with Crippen molar-refractivity contribution in [3.8, 4) is 17.6 Å². The summed E-state index contributed by atoms with van der Waals surface area (Å²) in [7, 11) is 1.49. The number of hydrogen-bond donors (Lipinski definition) is 0. The number of rotatable bonds is 4. The van der Waals surface area contributed by atoms with Gasteiger partial charge in [-0.3, -0.25) is 0 Å². The molecule has 0 radical (unpaired) electrons. The summed E-state index contributed by atoms with van der Waals surface area (Å²) in [5, 5.41) is 8.85. The monoisotopic (exact) mass is 275 g/mol. The molecule has 20 heavy (non-hydrogen) atoms. The van der Waals surface area contributed by atoms with Gasteiger partial charge in [-0.2, -0.15) is 5.26 Å². The van der Waals surface area contributed by atoms with Crippen LogP contribution in [0.3, 0.4) is 0 Å². The van der Waals surface area contributed by atoms with E-state index in [2.05, 4.69) is 0 Å². The second-order valence-corrected chi connectivity index (χ2v) is 4.03. The van der Waals surface area contributed by atoms with Crippen molar-refractivity contribution in [3.05, 3.63) is 59.2 Å². The summed E-state index contributed by atoms with van der Waals surface area (Å²) < 4.78 is 36.5. The number of halogens is 2. The Bertz CT molecular complexity index is 645. The predicted octanol–water partition coefficient (Wildman–Crippen LogP) is 3.42. The quantitative estimate of drug-likeness (QED) is 0.858. The molecule has 0 saturated carbocycles. The van der Waals surface area contributed by atoms with E-state index in [4.69, 9.17) is 14.7 Å². The molecule has 2 aromatic rings. The molecule has 0 aromatic heterocycles. The maximum Gasteiger partial charge on any atom is 0.129 e. The molecule has 102 valence electrons. The molecule has 0 aliphatic carbocycles. The van der Waals surface area contributed by atoms with E-state index in [1.807, 2.05) is 6.07 Å². The Hall–Kier alpha value is -2.61. The Labute approximate surface area is 115 Å². The Kier molecular flexibility index (Phi) is 4.16. The number of nitriles is 1. The lowest BCUT2D eigenvalue weighted by Gasteiger charge is -2.10. The summed E-state index contributed by atoms with van der Waals surface area (Å²) in [4.78, 5) is 0. The first-order valence-electron chi connectivity index (χ1n) is 5.78. The maximum absolute atomic E-state index is 13.0. The minimum absolute atomic E-state index is 0.0432. The third kappa shape index (κ3) is 3.23. The topological polar surface area (TPSA) is 42.2 Å². The summed E-state index contributed by atoms with van der Waals surface area (Å²) in [6.07, 6.45) is 0. The molecule has 0 saturated heterocycles. The minimum atomic E-state index is -0.710. The molecule has 0 unspecified atom stereocenters.